The topological polar surface area (TPSA) is 0 Å². The molecule has 0 saturated heterocycles. The van der Waals surface area contributed by atoms with E-state index < -0.39 is 0 Å². The van der Waals surface area contributed by atoms with Gasteiger partial charge < -0.3 is 0 Å². The van der Waals surface area contributed by atoms with E-state index in [0.29, 0.717) is 0 Å². The molecule has 0 aromatic carbocycles. The first-order valence-corrected chi connectivity index (χ1v) is 0. The van der Waals surface area contributed by atoms with E-state index in [1.54, 1.807) is 0 Å². The SMILES string of the molecule is Cl.Cl.[Hg].[Hg].[Hg]. The predicted molar refractivity (Wildman–Crippen MR) is 14.5 cm³/mol. The summed E-state index contributed by atoms with van der Waals surface area (Å²) in [4.78, 5) is 0. The van der Waals surface area contributed by atoms with Gasteiger partial charge in [0.15, 0.2) is 0 Å². The van der Waals surface area contributed by atoms with Crippen LogP contribution in [0.3, 0.4) is 0 Å². The van der Waals surface area contributed by atoms with Gasteiger partial charge in [0.1, 0.15) is 0 Å². The van der Waals surface area contributed by atoms with Crippen molar-refractivity contribution in [2.45, 2.75) is 0 Å². The van der Waals surface area contributed by atoms with Crippen LogP contribution in [0.25, 0.3) is 0 Å². The molecule has 0 aromatic rings. The van der Waals surface area contributed by atoms with Crippen LogP contribution in [0, 0.1) is 0 Å². The number of halogens is 2. The fraction of sp³-hybridized carbons (Fsp3) is 0. The molecule has 0 nitrogen and oxygen atoms in total. The fourth-order valence-corrected chi connectivity index (χ4v) is 0. The van der Waals surface area contributed by atoms with Gasteiger partial charge in [-0.25, -0.2) is 0 Å². The van der Waals surface area contributed by atoms with E-state index in [-0.39, 0.29) is 108 Å². The second-order valence-electron chi connectivity index (χ2n) is 0. The zero-order valence-electron chi connectivity index (χ0n) is 2.94. The predicted octanol–water partition coefficient (Wildman–Crippen LogP) is 0.836. The molecule has 0 spiro atoms. The van der Waals surface area contributed by atoms with E-state index in [1.807, 2.05) is 0 Å². The van der Waals surface area contributed by atoms with Crippen molar-refractivity contribution in [3.05, 3.63) is 0 Å². The zero-order chi connectivity index (χ0) is 0. The molecule has 0 atom stereocenters. The van der Waals surface area contributed by atoms with Crippen molar-refractivity contribution < 1.29 is 83.0 Å². The fourth-order valence-electron chi connectivity index (χ4n) is 0. The Morgan fingerprint density at radius 1 is 0.400 bits per heavy atom. The molecule has 5 heavy (non-hydrogen) atoms. The number of hydrogen-bond donors (Lipinski definition) is 0. The summed E-state index contributed by atoms with van der Waals surface area (Å²) in [6.45, 7) is 0. The molecule has 0 aliphatic carbocycles. The van der Waals surface area contributed by atoms with Gasteiger partial charge in [-0.15, -0.1) is 24.8 Å². The second kappa shape index (κ2) is 26.3. The van der Waals surface area contributed by atoms with Crippen molar-refractivity contribution in [3.63, 3.8) is 0 Å². The molecular weight excluding hydrogens is 673 g/mol. The largest absolute Gasteiger partial charge is 0.147 e. The van der Waals surface area contributed by atoms with Crippen LogP contribution in [0.5, 0.6) is 0 Å². The van der Waals surface area contributed by atoms with Crippen LogP contribution in [-0.4, -0.2) is 0 Å². The molecule has 0 aliphatic rings. The smallest absolute Gasteiger partial charge is 0 e. The molecule has 0 saturated carbocycles. The van der Waals surface area contributed by atoms with Gasteiger partial charge in [0.2, 0.25) is 0 Å². The maximum Gasteiger partial charge on any atom is 0 e. The molecule has 22 valence electrons. The standard InChI is InChI=1S/2ClH.3Hg/h2*1H;;;. The van der Waals surface area contributed by atoms with E-state index >= 15 is 0 Å². The van der Waals surface area contributed by atoms with Gasteiger partial charge in [0, 0.05) is 83.0 Å². The molecule has 0 amide bonds. The summed E-state index contributed by atoms with van der Waals surface area (Å²) in [6.07, 6.45) is 0. The summed E-state index contributed by atoms with van der Waals surface area (Å²) >= 11 is 0. The maximum atomic E-state index is 0. The maximum absolute atomic E-state index is 0. The zero-order valence-corrected chi connectivity index (χ0v) is 21.1. The molecule has 0 unspecified atom stereocenters. The van der Waals surface area contributed by atoms with Crippen LogP contribution < -0.4 is 0 Å². The first-order chi connectivity index (χ1) is 0. The van der Waals surface area contributed by atoms with Crippen molar-refractivity contribution in [1.82, 2.24) is 0 Å². The Hall–Kier alpha value is 3.39. The third kappa shape index (κ3) is 18.7. The molecular formula is H2Cl2Hg3. The Kier molecular flexibility index (Phi) is 210. The van der Waals surface area contributed by atoms with Crippen LogP contribution in [0.15, 0.2) is 0 Å². The van der Waals surface area contributed by atoms with Gasteiger partial charge >= 0.3 is 0 Å². The van der Waals surface area contributed by atoms with Crippen LogP contribution >= 0.6 is 24.8 Å². The monoisotopic (exact) mass is 678 g/mol. The van der Waals surface area contributed by atoms with Crippen molar-refractivity contribution in [2.75, 3.05) is 0 Å². The number of rotatable bonds is 0. The van der Waals surface area contributed by atoms with E-state index in [9.17, 15) is 0 Å². The second-order valence-corrected chi connectivity index (χ2v) is 0. The van der Waals surface area contributed by atoms with Gasteiger partial charge in [0.25, 0.3) is 0 Å². The number of hydrogen-bond acceptors (Lipinski definition) is 0. The minimum Gasteiger partial charge on any atom is -0.147 e. The molecule has 0 fully saturated rings. The quantitative estimate of drug-likeness (QED) is 0.335. The first-order valence-electron chi connectivity index (χ1n) is 0. The Balaban J connectivity index is 0. The molecule has 0 bridgehead atoms. The molecule has 0 aromatic heterocycles. The third-order valence-corrected chi connectivity index (χ3v) is 0. The average Bonchev–Trinajstić information content (AvgIpc) is 0. The van der Waals surface area contributed by atoms with Crippen molar-refractivity contribution >= 4 is 24.8 Å². The Morgan fingerprint density at radius 2 is 0.400 bits per heavy atom. The molecule has 0 N–H and O–H groups in total. The molecule has 0 rings (SSSR count). The van der Waals surface area contributed by atoms with Gasteiger partial charge in [-0.3, -0.25) is 0 Å². The van der Waals surface area contributed by atoms with Crippen molar-refractivity contribution in [2.24, 2.45) is 0 Å². The van der Waals surface area contributed by atoms with E-state index in [1.165, 1.54) is 0 Å². The minimum absolute atomic E-state index is 0. The first kappa shape index (κ1) is 39.9. The van der Waals surface area contributed by atoms with Gasteiger partial charge in [-0.05, 0) is 0 Å². The Bertz CT molecular complexity index is 4.85. The van der Waals surface area contributed by atoms with Crippen molar-refractivity contribution in [1.29, 1.82) is 0 Å². The van der Waals surface area contributed by atoms with Crippen molar-refractivity contribution in [3.8, 4) is 0 Å². The molecule has 5 heteroatoms. The Morgan fingerprint density at radius 3 is 0.400 bits per heavy atom. The summed E-state index contributed by atoms with van der Waals surface area (Å²) in [5.74, 6) is 0. The summed E-state index contributed by atoms with van der Waals surface area (Å²) in [5.41, 5.74) is 0. The van der Waals surface area contributed by atoms with Crippen LogP contribution in [-0.2, 0) is 83.0 Å². The van der Waals surface area contributed by atoms with Crippen LogP contribution in [0.4, 0.5) is 0 Å². The molecule has 0 aliphatic heterocycles. The van der Waals surface area contributed by atoms with E-state index in [4.69, 9.17) is 0 Å². The minimum atomic E-state index is 0. The third-order valence-electron chi connectivity index (χ3n) is 0. The summed E-state index contributed by atoms with van der Waals surface area (Å²) < 4.78 is 0. The van der Waals surface area contributed by atoms with Gasteiger partial charge in [-0.1, -0.05) is 0 Å². The summed E-state index contributed by atoms with van der Waals surface area (Å²) in [7, 11) is 0. The van der Waals surface area contributed by atoms with Crippen LogP contribution in [0.1, 0.15) is 0 Å². The van der Waals surface area contributed by atoms with E-state index in [0.717, 1.165) is 0 Å². The van der Waals surface area contributed by atoms with E-state index in [2.05, 4.69) is 0 Å². The van der Waals surface area contributed by atoms with Gasteiger partial charge in [-0.2, -0.15) is 0 Å². The molecule has 0 heterocycles. The summed E-state index contributed by atoms with van der Waals surface area (Å²) in [5, 5.41) is 0. The van der Waals surface area contributed by atoms with Crippen LogP contribution in [0.2, 0.25) is 0 Å². The average molecular weight is 675 g/mol. The Labute approximate surface area is 106 Å². The summed E-state index contributed by atoms with van der Waals surface area (Å²) in [6, 6.07) is 0. The normalized spacial score (nSPS) is 0. The molecule has 0 radical (unpaired) electrons. The van der Waals surface area contributed by atoms with Gasteiger partial charge in [0.05, 0.1) is 0 Å².